The molecular weight excluding hydrogens is 541 g/mol. The highest BCUT2D eigenvalue weighted by Crippen LogP contribution is 2.33. The number of hydrogen-bond acceptors (Lipinski definition) is 6. The van der Waals surface area contributed by atoms with Gasteiger partial charge in [-0.25, -0.2) is 17.2 Å². The highest BCUT2D eigenvalue weighted by molar-refractivity contribution is 14.1. The van der Waals surface area contributed by atoms with Gasteiger partial charge in [0.1, 0.15) is 27.2 Å². The van der Waals surface area contributed by atoms with E-state index in [1.165, 1.54) is 12.1 Å². The molecule has 0 spiro atoms. The molecule has 0 aromatic heterocycles. The van der Waals surface area contributed by atoms with Crippen molar-refractivity contribution in [3.05, 3.63) is 62.7 Å². The fourth-order valence-electron chi connectivity index (χ4n) is 3.13. The summed E-state index contributed by atoms with van der Waals surface area (Å²) in [6.07, 6.45) is 2.47. The number of fused-ring (bicyclic) bond motifs is 1. The predicted molar refractivity (Wildman–Crippen MR) is 125 cm³/mol. The molecule has 2 unspecified atom stereocenters. The molecule has 3 atom stereocenters. The second kappa shape index (κ2) is 11.5. The maximum atomic E-state index is 13.3. The van der Waals surface area contributed by atoms with Crippen LogP contribution in [-0.2, 0) is 16.3 Å². The fourth-order valence-corrected chi connectivity index (χ4v) is 3.64. The van der Waals surface area contributed by atoms with Crippen LogP contribution in [0.25, 0.3) is 0 Å². The van der Waals surface area contributed by atoms with Crippen molar-refractivity contribution in [2.24, 2.45) is 5.73 Å². The lowest BCUT2D eigenvalue weighted by atomic mass is 9.98. The quantitative estimate of drug-likeness (QED) is 0.464. The lowest BCUT2D eigenvalue weighted by Gasteiger charge is -2.29. The summed E-state index contributed by atoms with van der Waals surface area (Å²) in [5, 5.41) is 13.7. The number of aliphatic hydroxyl groups is 1. The van der Waals surface area contributed by atoms with Gasteiger partial charge in [-0.15, -0.1) is 0 Å². The summed E-state index contributed by atoms with van der Waals surface area (Å²) in [7, 11) is -2.67. The van der Waals surface area contributed by atoms with E-state index in [2.05, 4.69) is 34.0 Å². The van der Waals surface area contributed by atoms with E-state index in [1.54, 1.807) is 0 Å². The monoisotopic (exact) mass is 568 g/mol. The van der Waals surface area contributed by atoms with E-state index in [4.69, 9.17) is 10.5 Å². The largest absolute Gasteiger partial charge is 0.493 e. The van der Waals surface area contributed by atoms with Gasteiger partial charge in [0.05, 0.1) is 12.7 Å². The second-order valence-corrected chi connectivity index (χ2v) is 11.2. The summed E-state index contributed by atoms with van der Waals surface area (Å²) in [5.41, 5.74) is 7.52. The van der Waals surface area contributed by atoms with Crippen molar-refractivity contribution < 1.29 is 27.0 Å². The molecular formula is C21H27F2IN2O4S. The molecule has 6 nitrogen and oxygen atoms in total. The molecule has 0 amide bonds. The van der Waals surface area contributed by atoms with Crippen molar-refractivity contribution in [1.82, 2.24) is 5.32 Å². The number of nitrogens with two attached hydrogens (primary N) is 1. The molecule has 1 aliphatic rings. The second-order valence-electron chi connectivity index (χ2n) is 7.64. The normalized spacial score (nSPS) is 17.6. The topological polar surface area (TPSA) is 102 Å². The van der Waals surface area contributed by atoms with E-state index in [9.17, 15) is 22.3 Å². The van der Waals surface area contributed by atoms with Crippen LogP contribution in [0.4, 0.5) is 8.78 Å². The van der Waals surface area contributed by atoms with Gasteiger partial charge in [-0.2, -0.15) is 0 Å². The van der Waals surface area contributed by atoms with Crippen molar-refractivity contribution in [2.75, 3.05) is 25.7 Å². The summed E-state index contributed by atoms with van der Waals surface area (Å²) < 4.78 is 52.6. The summed E-state index contributed by atoms with van der Waals surface area (Å²) in [6, 6.07) is 8.74. The number of hydrogen-bond donors (Lipinski definition) is 3. The van der Waals surface area contributed by atoms with Gasteiger partial charge in [-0.3, -0.25) is 0 Å². The molecule has 172 valence electrons. The maximum Gasteiger partial charge on any atom is 0.144 e. The third-order valence-corrected chi connectivity index (χ3v) is 5.14. The van der Waals surface area contributed by atoms with Crippen LogP contribution in [0.2, 0.25) is 0 Å². The SMILES string of the molecule is CS(C)(=O)=O.NC(Cc1cc(F)cc(F)c1)C(O)CN[C@H]1CCOc2ccc(I)cc21. The molecule has 2 aromatic carbocycles. The lowest BCUT2D eigenvalue weighted by molar-refractivity contribution is 0.133. The molecule has 4 N–H and O–H groups in total. The molecule has 0 fully saturated rings. The molecule has 0 aliphatic carbocycles. The molecule has 31 heavy (non-hydrogen) atoms. The first kappa shape index (κ1) is 25.9. The first-order valence-corrected chi connectivity index (χ1v) is 13.0. The lowest BCUT2D eigenvalue weighted by Crippen LogP contribution is -2.44. The molecule has 0 saturated carbocycles. The highest BCUT2D eigenvalue weighted by Gasteiger charge is 2.23. The zero-order valence-electron chi connectivity index (χ0n) is 17.3. The number of sulfone groups is 1. The van der Waals surface area contributed by atoms with E-state index in [0.717, 1.165) is 39.9 Å². The number of halogens is 3. The molecule has 3 rings (SSSR count). The Labute approximate surface area is 195 Å². The molecule has 0 radical (unpaired) electrons. The third kappa shape index (κ3) is 9.36. The Hall–Kier alpha value is -1.34. The first-order valence-electron chi connectivity index (χ1n) is 9.61. The highest BCUT2D eigenvalue weighted by atomic mass is 127. The molecule has 10 heteroatoms. The van der Waals surface area contributed by atoms with Gasteiger partial charge in [-0.1, -0.05) is 0 Å². The minimum atomic E-state index is -2.67. The molecule has 0 saturated heterocycles. The van der Waals surface area contributed by atoms with Crippen molar-refractivity contribution in [3.8, 4) is 5.75 Å². The average Bonchev–Trinajstić information content (AvgIpc) is 2.63. The third-order valence-electron chi connectivity index (χ3n) is 4.47. The minimum absolute atomic E-state index is 0.0712. The number of ether oxygens (including phenoxy) is 1. The van der Waals surface area contributed by atoms with Gasteiger partial charge >= 0.3 is 0 Å². The summed E-state index contributed by atoms with van der Waals surface area (Å²) in [6.45, 7) is 0.893. The van der Waals surface area contributed by atoms with Crippen LogP contribution < -0.4 is 15.8 Å². The van der Waals surface area contributed by atoms with Crippen molar-refractivity contribution in [1.29, 1.82) is 0 Å². The number of benzene rings is 2. The smallest absolute Gasteiger partial charge is 0.144 e. The van der Waals surface area contributed by atoms with E-state index < -0.39 is 33.6 Å². The molecule has 1 heterocycles. The average molecular weight is 568 g/mol. The minimum Gasteiger partial charge on any atom is -0.493 e. The number of rotatable bonds is 6. The Bertz CT molecular complexity index is 963. The van der Waals surface area contributed by atoms with Crippen LogP contribution in [-0.4, -0.2) is 51.3 Å². The van der Waals surface area contributed by atoms with Crippen LogP contribution in [0, 0.1) is 15.2 Å². The van der Waals surface area contributed by atoms with Gasteiger partial charge in [0.2, 0.25) is 0 Å². The number of nitrogens with one attached hydrogen (secondary N) is 1. The Kier molecular flexibility index (Phi) is 9.62. The summed E-state index contributed by atoms with van der Waals surface area (Å²) >= 11 is 2.25. The van der Waals surface area contributed by atoms with Crippen LogP contribution in [0.1, 0.15) is 23.6 Å². The summed E-state index contributed by atoms with van der Waals surface area (Å²) in [5.74, 6) is -0.440. The van der Waals surface area contributed by atoms with Gasteiger partial charge in [-0.05, 0) is 64.9 Å². The molecule has 2 aromatic rings. The summed E-state index contributed by atoms with van der Waals surface area (Å²) in [4.78, 5) is 0. The fraction of sp³-hybridized carbons (Fsp3) is 0.429. The van der Waals surface area contributed by atoms with Crippen LogP contribution >= 0.6 is 22.6 Å². The Balaban J connectivity index is 0.000000614. The van der Waals surface area contributed by atoms with Crippen molar-refractivity contribution >= 4 is 32.4 Å². The Morgan fingerprint density at radius 3 is 2.45 bits per heavy atom. The van der Waals surface area contributed by atoms with Gasteiger partial charge in [0, 0.05) is 52.8 Å². The zero-order chi connectivity index (χ0) is 23.2. The van der Waals surface area contributed by atoms with E-state index in [0.29, 0.717) is 12.2 Å². The molecule has 0 bridgehead atoms. The number of aliphatic hydroxyl groups excluding tert-OH is 1. The van der Waals surface area contributed by atoms with Gasteiger partial charge in [0.25, 0.3) is 0 Å². The zero-order valence-corrected chi connectivity index (χ0v) is 20.3. The van der Waals surface area contributed by atoms with E-state index in [1.807, 2.05) is 12.1 Å². The first-order chi connectivity index (χ1) is 14.4. The van der Waals surface area contributed by atoms with Crippen LogP contribution in [0.3, 0.4) is 0 Å². The van der Waals surface area contributed by atoms with Crippen LogP contribution in [0.15, 0.2) is 36.4 Å². The molecule has 1 aliphatic heterocycles. The van der Waals surface area contributed by atoms with Gasteiger partial charge < -0.3 is 20.9 Å². The van der Waals surface area contributed by atoms with Crippen LogP contribution in [0.5, 0.6) is 5.75 Å². The standard InChI is InChI=1S/C19H21F2IN2O2.C2H6O2S/c20-12-5-11(6-13(21)8-12)7-16(23)18(25)10-24-17-3-4-26-19-2-1-14(22)9-15(17)19;1-5(2,3)4/h1-2,5-6,8-9,16-18,24-25H,3-4,7,10,23H2;1-2H3/t16?,17-,18?;/m0./s1. The predicted octanol–water partition coefficient (Wildman–Crippen LogP) is 2.57. The van der Waals surface area contributed by atoms with Gasteiger partial charge in [0.15, 0.2) is 0 Å². The maximum absolute atomic E-state index is 13.3. The van der Waals surface area contributed by atoms with Crippen molar-refractivity contribution in [3.63, 3.8) is 0 Å². The van der Waals surface area contributed by atoms with E-state index >= 15 is 0 Å². The van der Waals surface area contributed by atoms with Crippen molar-refractivity contribution in [2.45, 2.75) is 31.0 Å². The Morgan fingerprint density at radius 1 is 1.23 bits per heavy atom. The van der Waals surface area contributed by atoms with E-state index in [-0.39, 0.29) is 19.0 Å². The Morgan fingerprint density at radius 2 is 1.84 bits per heavy atom.